The van der Waals surface area contributed by atoms with E-state index in [9.17, 15) is 4.79 Å². The van der Waals surface area contributed by atoms with Crippen molar-refractivity contribution in [2.24, 2.45) is 0 Å². The maximum absolute atomic E-state index is 10.6. The lowest BCUT2D eigenvalue weighted by molar-refractivity contribution is 0.173. The molecule has 2 N–H and O–H groups in total. The molecule has 0 fully saturated rings. The number of hydrazine groups is 1. The summed E-state index contributed by atoms with van der Waals surface area (Å²) in [5.74, 6) is 0. The third kappa shape index (κ3) is 3.21. The van der Waals surface area contributed by atoms with Crippen LogP contribution in [0.5, 0.6) is 0 Å². The molecule has 1 aromatic rings. The first-order valence-electron chi connectivity index (χ1n) is 3.58. The SMILES string of the molecule is COC(=O)NNc1cccc(Cl)c1. The van der Waals surface area contributed by atoms with E-state index < -0.39 is 6.09 Å². The van der Waals surface area contributed by atoms with Crippen LogP contribution in [0.4, 0.5) is 10.5 Å². The summed E-state index contributed by atoms with van der Waals surface area (Å²) in [6.45, 7) is 0. The summed E-state index contributed by atoms with van der Waals surface area (Å²) < 4.78 is 4.36. The van der Waals surface area contributed by atoms with Gasteiger partial charge in [0.2, 0.25) is 0 Å². The summed E-state index contributed by atoms with van der Waals surface area (Å²) in [6.07, 6.45) is -0.556. The highest BCUT2D eigenvalue weighted by Gasteiger charge is 1.96. The number of rotatable bonds is 2. The zero-order chi connectivity index (χ0) is 9.68. The van der Waals surface area contributed by atoms with Gasteiger partial charge in [-0.05, 0) is 18.2 Å². The average Bonchev–Trinajstić information content (AvgIpc) is 2.14. The molecule has 0 atom stereocenters. The largest absolute Gasteiger partial charge is 0.452 e. The number of hydrogen-bond acceptors (Lipinski definition) is 3. The van der Waals surface area contributed by atoms with Gasteiger partial charge in [0.25, 0.3) is 0 Å². The van der Waals surface area contributed by atoms with Crippen LogP contribution in [-0.4, -0.2) is 13.2 Å². The highest BCUT2D eigenvalue weighted by molar-refractivity contribution is 6.30. The molecule has 0 saturated carbocycles. The molecule has 0 unspecified atom stereocenters. The fourth-order valence-electron chi connectivity index (χ4n) is 0.740. The second-order valence-electron chi connectivity index (χ2n) is 2.25. The number of amides is 1. The van der Waals surface area contributed by atoms with Crippen LogP contribution in [0.25, 0.3) is 0 Å². The maximum Gasteiger partial charge on any atom is 0.425 e. The predicted octanol–water partition coefficient (Wildman–Crippen LogP) is 2.02. The first-order chi connectivity index (χ1) is 6.22. The third-order valence-electron chi connectivity index (χ3n) is 1.32. The summed E-state index contributed by atoms with van der Waals surface area (Å²) in [6, 6.07) is 6.95. The molecule has 1 amide bonds. The van der Waals surface area contributed by atoms with Crippen LogP contribution in [0.1, 0.15) is 0 Å². The van der Waals surface area contributed by atoms with Gasteiger partial charge in [0, 0.05) is 5.02 Å². The van der Waals surface area contributed by atoms with E-state index in [-0.39, 0.29) is 0 Å². The van der Waals surface area contributed by atoms with Gasteiger partial charge < -0.3 is 4.74 Å². The van der Waals surface area contributed by atoms with Gasteiger partial charge in [-0.2, -0.15) is 0 Å². The minimum atomic E-state index is -0.556. The van der Waals surface area contributed by atoms with E-state index in [1.54, 1.807) is 24.3 Å². The van der Waals surface area contributed by atoms with Crippen LogP contribution >= 0.6 is 11.6 Å². The van der Waals surface area contributed by atoms with Crippen molar-refractivity contribution < 1.29 is 9.53 Å². The number of carbonyl (C=O) groups excluding carboxylic acids is 1. The van der Waals surface area contributed by atoms with Crippen molar-refractivity contribution in [2.75, 3.05) is 12.5 Å². The van der Waals surface area contributed by atoms with Crippen LogP contribution < -0.4 is 10.9 Å². The summed E-state index contributed by atoms with van der Waals surface area (Å²) >= 11 is 5.71. The van der Waals surface area contributed by atoms with Crippen LogP contribution in [-0.2, 0) is 4.74 Å². The lowest BCUT2D eigenvalue weighted by Gasteiger charge is -2.06. The molecule has 0 aromatic heterocycles. The number of halogens is 1. The summed E-state index contributed by atoms with van der Waals surface area (Å²) in [4.78, 5) is 10.6. The van der Waals surface area contributed by atoms with Crippen LogP contribution in [0.3, 0.4) is 0 Å². The molecule has 0 saturated heterocycles. The molecule has 70 valence electrons. The van der Waals surface area contributed by atoms with Gasteiger partial charge >= 0.3 is 6.09 Å². The van der Waals surface area contributed by atoms with Gasteiger partial charge in [-0.15, -0.1) is 0 Å². The molecule has 0 bridgehead atoms. The number of carbonyl (C=O) groups is 1. The molecule has 4 nitrogen and oxygen atoms in total. The Morgan fingerprint density at radius 3 is 2.92 bits per heavy atom. The Balaban J connectivity index is 2.50. The van der Waals surface area contributed by atoms with E-state index in [0.717, 1.165) is 0 Å². The van der Waals surface area contributed by atoms with Gasteiger partial charge in [0.1, 0.15) is 0 Å². The molecule has 0 radical (unpaired) electrons. The Bertz CT molecular complexity index is 304. The Morgan fingerprint density at radius 1 is 1.54 bits per heavy atom. The number of hydrogen-bond donors (Lipinski definition) is 2. The standard InChI is InChI=1S/C8H9ClN2O2/c1-13-8(12)11-10-7-4-2-3-6(9)5-7/h2-5,10H,1H3,(H,11,12). The van der Waals surface area contributed by atoms with Crippen LogP contribution in [0, 0.1) is 0 Å². The van der Waals surface area contributed by atoms with Crippen molar-refractivity contribution in [3.8, 4) is 0 Å². The number of nitrogens with one attached hydrogen (secondary N) is 2. The monoisotopic (exact) mass is 200 g/mol. The zero-order valence-electron chi connectivity index (χ0n) is 7.00. The van der Waals surface area contributed by atoms with Crippen molar-refractivity contribution in [3.63, 3.8) is 0 Å². The third-order valence-corrected chi connectivity index (χ3v) is 1.55. The molecular weight excluding hydrogens is 192 g/mol. The molecule has 0 aliphatic heterocycles. The Morgan fingerprint density at radius 2 is 2.31 bits per heavy atom. The minimum Gasteiger partial charge on any atom is -0.452 e. The zero-order valence-corrected chi connectivity index (χ0v) is 7.76. The second kappa shape index (κ2) is 4.57. The molecule has 0 heterocycles. The van der Waals surface area contributed by atoms with E-state index in [4.69, 9.17) is 11.6 Å². The quantitative estimate of drug-likeness (QED) is 0.719. The summed E-state index contributed by atoms with van der Waals surface area (Å²) in [5, 5.41) is 0.594. The summed E-state index contributed by atoms with van der Waals surface area (Å²) in [7, 11) is 1.29. The molecule has 0 spiro atoms. The van der Waals surface area contributed by atoms with Crippen LogP contribution in [0.2, 0.25) is 5.02 Å². The Hall–Kier alpha value is -1.42. The molecule has 0 aliphatic rings. The van der Waals surface area contributed by atoms with Crippen molar-refractivity contribution >= 4 is 23.4 Å². The van der Waals surface area contributed by atoms with E-state index in [0.29, 0.717) is 10.7 Å². The van der Waals surface area contributed by atoms with Gasteiger partial charge in [0.05, 0.1) is 12.8 Å². The highest BCUT2D eigenvalue weighted by atomic mass is 35.5. The van der Waals surface area contributed by atoms with Crippen molar-refractivity contribution in [2.45, 2.75) is 0 Å². The van der Waals surface area contributed by atoms with Crippen molar-refractivity contribution in [3.05, 3.63) is 29.3 Å². The number of anilines is 1. The molecule has 1 rings (SSSR count). The molecule has 1 aromatic carbocycles. The van der Waals surface area contributed by atoms with Crippen molar-refractivity contribution in [1.29, 1.82) is 0 Å². The number of ether oxygens (including phenoxy) is 1. The molecule has 5 heteroatoms. The number of benzene rings is 1. The van der Waals surface area contributed by atoms with Crippen LogP contribution in [0.15, 0.2) is 24.3 Å². The lowest BCUT2D eigenvalue weighted by Crippen LogP contribution is -2.28. The number of methoxy groups -OCH3 is 1. The van der Waals surface area contributed by atoms with E-state index in [1.165, 1.54) is 7.11 Å². The molecular formula is C8H9ClN2O2. The van der Waals surface area contributed by atoms with E-state index >= 15 is 0 Å². The molecule has 13 heavy (non-hydrogen) atoms. The normalized spacial score (nSPS) is 9.08. The Labute approximate surface area is 80.8 Å². The van der Waals surface area contributed by atoms with Gasteiger partial charge in [-0.25, -0.2) is 10.2 Å². The van der Waals surface area contributed by atoms with Gasteiger partial charge in [-0.1, -0.05) is 17.7 Å². The predicted molar refractivity (Wildman–Crippen MR) is 50.6 cm³/mol. The van der Waals surface area contributed by atoms with E-state index in [2.05, 4.69) is 15.6 Å². The topological polar surface area (TPSA) is 50.4 Å². The minimum absolute atomic E-state index is 0.556. The van der Waals surface area contributed by atoms with E-state index in [1.807, 2.05) is 0 Å². The first-order valence-corrected chi connectivity index (χ1v) is 3.95. The summed E-state index contributed by atoms with van der Waals surface area (Å²) in [5.41, 5.74) is 5.63. The first kappa shape index (κ1) is 9.67. The van der Waals surface area contributed by atoms with Gasteiger partial charge in [0.15, 0.2) is 0 Å². The fourth-order valence-corrected chi connectivity index (χ4v) is 0.931. The molecule has 0 aliphatic carbocycles. The second-order valence-corrected chi connectivity index (χ2v) is 2.69. The fraction of sp³-hybridized carbons (Fsp3) is 0.125. The highest BCUT2D eigenvalue weighted by Crippen LogP contribution is 2.13. The average molecular weight is 201 g/mol. The van der Waals surface area contributed by atoms with Gasteiger partial charge in [-0.3, -0.25) is 5.43 Å². The van der Waals surface area contributed by atoms with Crippen molar-refractivity contribution in [1.82, 2.24) is 5.43 Å². The maximum atomic E-state index is 10.6. The smallest absolute Gasteiger partial charge is 0.425 e. The Kier molecular flexibility index (Phi) is 3.40. The lowest BCUT2D eigenvalue weighted by atomic mass is 10.3.